The molecule has 1 aliphatic heterocycles. The van der Waals surface area contributed by atoms with Crippen molar-refractivity contribution in [2.45, 2.75) is 56.4 Å². The minimum atomic E-state index is -3.48. The summed E-state index contributed by atoms with van der Waals surface area (Å²) in [6.07, 6.45) is 5.90. The summed E-state index contributed by atoms with van der Waals surface area (Å²) < 4.78 is 33.0. The number of piperidine rings is 1. The highest BCUT2D eigenvalue weighted by Crippen LogP contribution is 2.29. The van der Waals surface area contributed by atoms with Crippen molar-refractivity contribution in [3.05, 3.63) is 59.2 Å². The summed E-state index contributed by atoms with van der Waals surface area (Å²) in [5, 5.41) is 3.08. The lowest BCUT2D eigenvalue weighted by Crippen LogP contribution is -2.35. The molecule has 0 bridgehead atoms. The Balaban J connectivity index is 1.37. The molecule has 2 aromatic carbocycles. The number of ether oxygens (including phenoxy) is 1. The number of benzene rings is 2. The summed E-state index contributed by atoms with van der Waals surface area (Å²) in [7, 11) is -3.48. The van der Waals surface area contributed by atoms with E-state index in [9.17, 15) is 13.2 Å². The van der Waals surface area contributed by atoms with Gasteiger partial charge in [-0.05, 0) is 73.9 Å². The van der Waals surface area contributed by atoms with Gasteiger partial charge < -0.3 is 10.1 Å². The SMILES string of the molecule is Cc1cc(S(=O)(=O)N2CCCCC2)ccc1OCC(=O)N[C@H]1CCCc2ccccc21. The van der Waals surface area contributed by atoms with Crippen LogP contribution in [0.15, 0.2) is 47.4 Å². The van der Waals surface area contributed by atoms with Gasteiger partial charge >= 0.3 is 0 Å². The van der Waals surface area contributed by atoms with Crippen LogP contribution in [-0.4, -0.2) is 38.3 Å². The molecule has 0 radical (unpaired) electrons. The monoisotopic (exact) mass is 442 g/mol. The second kappa shape index (κ2) is 9.40. The lowest BCUT2D eigenvalue weighted by atomic mass is 9.88. The molecular formula is C24H30N2O4S. The molecule has 7 heteroatoms. The number of amides is 1. The highest BCUT2D eigenvalue weighted by atomic mass is 32.2. The smallest absolute Gasteiger partial charge is 0.258 e. The van der Waals surface area contributed by atoms with Crippen LogP contribution in [0.2, 0.25) is 0 Å². The normalized spacial score (nSPS) is 19.5. The minimum absolute atomic E-state index is 0.0132. The fourth-order valence-corrected chi connectivity index (χ4v) is 6.08. The van der Waals surface area contributed by atoms with Gasteiger partial charge in [0, 0.05) is 13.1 Å². The Hall–Kier alpha value is -2.38. The van der Waals surface area contributed by atoms with Gasteiger partial charge in [0.25, 0.3) is 5.91 Å². The number of hydrogen-bond donors (Lipinski definition) is 1. The predicted molar refractivity (Wildman–Crippen MR) is 120 cm³/mol. The van der Waals surface area contributed by atoms with Crippen molar-refractivity contribution in [2.75, 3.05) is 19.7 Å². The molecular weight excluding hydrogens is 412 g/mol. The van der Waals surface area contributed by atoms with E-state index in [-0.39, 0.29) is 23.5 Å². The number of rotatable bonds is 6. The van der Waals surface area contributed by atoms with E-state index in [0.29, 0.717) is 24.4 Å². The fraction of sp³-hybridized carbons (Fsp3) is 0.458. The van der Waals surface area contributed by atoms with E-state index >= 15 is 0 Å². The van der Waals surface area contributed by atoms with Crippen molar-refractivity contribution in [1.82, 2.24) is 9.62 Å². The van der Waals surface area contributed by atoms with Gasteiger partial charge in [-0.15, -0.1) is 0 Å². The van der Waals surface area contributed by atoms with E-state index in [1.54, 1.807) is 29.4 Å². The molecule has 1 amide bonds. The lowest BCUT2D eigenvalue weighted by Gasteiger charge is -2.26. The molecule has 1 aliphatic carbocycles. The summed E-state index contributed by atoms with van der Waals surface area (Å²) in [5.74, 6) is 0.350. The van der Waals surface area contributed by atoms with Crippen molar-refractivity contribution < 1.29 is 17.9 Å². The Bertz CT molecular complexity index is 1050. The Morgan fingerprint density at radius 3 is 2.65 bits per heavy atom. The van der Waals surface area contributed by atoms with Crippen LogP contribution in [0.1, 0.15) is 54.8 Å². The van der Waals surface area contributed by atoms with Crippen molar-refractivity contribution in [3.63, 3.8) is 0 Å². The van der Waals surface area contributed by atoms with Gasteiger partial charge in [-0.25, -0.2) is 8.42 Å². The first-order valence-corrected chi connectivity index (χ1v) is 12.5. The highest BCUT2D eigenvalue weighted by Gasteiger charge is 2.26. The number of nitrogens with one attached hydrogen (secondary N) is 1. The molecule has 166 valence electrons. The van der Waals surface area contributed by atoms with Crippen LogP contribution >= 0.6 is 0 Å². The topological polar surface area (TPSA) is 75.7 Å². The van der Waals surface area contributed by atoms with Gasteiger partial charge in [0.2, 0.25) is 10.0 Å². The van der Waals surface area contributed by atoms with E-state index in [0.717, 1.165) is 38.5 Å². The third-order valence-electron chi connectivity index (χ3n) is 6.16. The first-order valence-electron chi connectivity index (χ1n) is 11.1. The molecule has 1 heterocycles. The van der Waals surface area contributed by atoms with Crippen molar-refractivity contribution >= 4 is 15.9 Å². The number of sulfonamides is 1. The van der Waals surface area contributed by atoms with E-state index in [2.05, 4.69) is 17.4 Å². The Morgan fingerprint density at radius 2 is 1.87 bits per heavy atom. The molecule has 2 aromatic rings. The molecule has 0 spiro atoms. The molecule has 1 atom stereocenters. The maximum atomic E-state index is 12.9. The first-order chi connectivity index (χ1) is 14.9. The number of nitrogens with zero attached hydrogens (tertiary/aromatic N) is 1. The van der Waals surface area contributed by atoms with Crippen LogP contribution in [0.5, 0.6) is 5.75 Å². The average molecular weight is 443 g/mol. The van der Waals surface area contributed by atoms with Crippen LogP contribution in [0.4, 0.5) is 0 Å². The zero-order chi connectivity index (χ0) is 21.8. The van der Waals surface area contributed by atoms with Crippen LogP contribution in [0.3, 0.4) is 0 Å². The zero-order valence-electron chi connectivity index (χ0n) is 18.0. The summed E-state index contributed by atoms with van der Waals surface area (Å²) in [5.41, 5.74) is 3.18. The number of carbonyl (C=O) groups excluding carboxylic acids is 1. The Morgan fingerprint density at radius 1 is 1.10 bits per heavy atom. The Kier molecular flexibility index (Phi) is 6.62. The molecule has 0 aromatic heterocycles. The molecule has 6 nitrogen and oxygen atoms in total. The number of aryl methyl sites for hydroxylation is 2. The van der Waals surface area contributed by atoms with Crippen molar-refractivity contribution in [1.29, 1.82) is 0 Å². The maximum absolute atomic E-state index is 12.9. The minimum Gasteiger partial charge on any atom is -0.484 e. The summed E-state index contributed by atoms with van der Waals surface area (Å²) in [6, 6.07) is 13.1. The first kappa shape index (κ1) is 21.8. The Labute approximate surface area is 184 Å². The van der Waals surface area contributed by atoms with Gasteiger partial charge in [0.05, 0.1) is 10.9 Å². The third-order valence-corrected chi connectivity index (χ3v) is 8.06. The quantitative estimate of drug-likeness (QED) is 0.739. The molecule has 1 saturated heterocycles. The molecule has 2 aliphatic rings. The van der Waals surface area contributed by atoms with Crippen LogP contribution in [-0.2, 0) is 21.2 Å². The van der Waals surface area contributed by atoms with Crippen molar-refractivity contribution in [3.8, 4) is 5.75 Å². The van der Waals surface area contributed by atoms with E-state index in [4.69, 9.17) is 4.74 Å². The zero-order valence-corrected chi connectivity index (χ0v) is 18.8. The molecule has 1 N–H and O–H groups in total. The molecule has 4 rings (SSSR count). The lowest BCUT2D eigenvalue weighted by molar-refractivity contribution is -0.124. The molecule has 31 heavy (non-hydrogen) atoms. The standard InChI is InChI=1S/C24H30N2O4S/c1-18-16-20(31(28,29)26-14-5-2-6-15-26)12-13-23(18)30-17-24(27)25-22-11-7-9-19-8-3-4-10-21(19)22/h3-4,8,10,12-13,16,22H,2,5-7,9,11,14-15,17H2,1H3,(H,25,27)/t22-/m0/s1. The summed E-state index contributed by atoms with van der Waals surface area (Å²) >= 11 is 0. The van der Waals surface area contributed by atoms with Crippen molar-refractivity contribution in [2.24, 2.45) is 0 Å². The second-order valence-electron chi connectivity index (χ2n) is 8.39. The van der Waals surface area contributed by atoms with E-state index in [1.807, 2.05) is 12.1 Å². The van der Waals surface area contributed by atoms with Crippen LogP contribution < -0.4 is 10.1 Å². The van der Waals surface area contributed by atoms with Gasteiger partial charge in [-0.1, -0.05) is 30.7 Å². The summed E-state index contributed by atoms with van der Waals surface area (Å²) in [6.45, 7) is 2.85. The number of fused-ring (bicyclic) bond motifs is 1. The predicted octanol–water partition coefficient (Wildman–Crippen LogP) is 3.74. The van der Waals surface area contributed by atoms with Gasteiger partial charge in [0.15, 0.2) is 6.61 Å². The maximum Gasteiger partial charge on any atom is 0.258 e. The largest absolute Gasteiger partial charge is 0.484 e. The van der Waals surface area contributed by atoms with E-state index < -0.39 is 10.0 Å². The fourth-order valence-electron chi connectivity index (χ4n) is 4.48. The molecule has 0 unspecified atom stereocenters. The highest BCUT2D eigenvalue weighted by molar-refractivity contribution is 7.89. The third kappa shape index (κ3) is 4.93. The average Bonchev–Trinajstić information content (AvgIpc) is 2.79. The second-order valence-corrected chi connectivity index (χ2v) is 10.3. The van der Waals surface area contributed by atoms with Gasteiger partial charge in [-0.3, -0.25) is 4.79 Å². The number of hydrogen-bond acceptors (Lipinski definition) is 4. The summed E-state index contributed by atoms with van der Waals surface area (Å²) in [4.78, 5) is 12.8. The van der Waals surface area contributed by atoms with Crippen LogP contribution in [0, 0.1) is 6.92 Å². The molecule has 0 saturated carbocycles. The molecule has 1 fully saturated rings. The number of carbonyl (C=O) groups is 1. The van der Waals surface area contributed by atoms with Crippen LogP contribution in [0.25, 0.3) is 0 Å². The van der Waals surface area contributed by atoms with E-state index in [1.165, 1.54) is 11.1 Å². The van der Waals surface area contributed by atoms with Gasteiger partial charge in [0.1, 0.15) is 5.75 Å². The van der Waals surface area contributed by atoms with Gasteiger partial charge in [-0.2, -0.15) is 4.31 Å².